The summed E-state index contributed by atoms with van der Waals surface area (Å²) >= 11 is 5.77. The summed E-state index contributed by atoms with van der Waals surface area (Å²) in [6.07, 6.45) is -5.24. The summed E-state index contributed by atoms with van der Waals surface area (Å²) in [5.41, 5.74) is 0.832. The average Bonchev–Trinajstić information content (AvgIpc) is 2.69. The molecule has 29 heavy (non-hydrogen) atoms. The zero-order valence-electron chi connectivity index (χ0n) is 15.3. The molecule has 1 aromatic rings. The Labute approximate surface area is 170 Å². The van der Waals surface area contributed by atoms with Gasteiger partial charge in [-0.15, -0.1) is 0 Å². The normalized spacial score (nSPS) is 15.0. The van der Waals surface area contributed by atoms with Crippen molar-refractivity contribution in [2.75, 3.05) is 26.3 Å². The first-order valence-electron chi connectivity index (χ1n) is 8.80. The highest BCUT2D eigenvalue weighted by molar-refractivity contribution is 6.30. The Balaban J connectivity index is 1.65. The number of carbonyl (C=O) groups is 3. The van der Waals surface area contributed by atoms with Crippen molar-refractivity contribution < 1.29 is 37.0 Å². The summed E-state index contributed by atoms with van der Waals surface area (Å²) in [6.45, 7) is -1.70. The van der Waals surface area contributed by atoms with Crippen molar-refractivity contribution in [3.8, 4) is 0 Å². The van der Waals surface area contributed by atoms with Gasteiger partial charge in [-0.1, -0.05) is 23.7 Å². The molecule has 7 nitrogen and oxygen atoms in total. The van der Waals surface area contributed by atoms with Crippen LogP contribution in [0.4, 0.5) is 18.0 Å². The van der Waals surface area contributed by atoms with Gasteiger partial charge in [0.2, 0.25) is 0 Å². The molecule has 1 aliphatic heterocycles. The zero-order valence-corrected chi connectivity index (χ0v) is 16.1. The van der Waals surface area contributed by atoms with E-state index in [9.17, 15) is 27.6 Å². The van der Waals surface area contributed by atoms with Crippen molar-refractivity contribution in [3.63, 3.8) is 0 Å². The molecule has 1 N–H and O–H groups in total. The van der Waals surface area contributed by atoms with Crippen LogP contribution < -0.4 is 5.32 Å². The largest absolute Gasteiger partial charge is 0.455 e. The molecule has 0 aliphatic carbocycles. The smallest absolute Gasteiger partial charge is 0.422 e. The third-order valence-electron chi connectivity index (χ3n) is 4.19. The van der Waals surface area contributed by atoms with Crippen LogP contribution in [0.15, 0.2) is 24.3 Å². The van der Waals surface area contributed by atoms with Crippen molar-refractivity contribution in [1.29, 1.82) is 0 Å². The number of amides is 2. The van der Waals surface area contributed by atoms with Crippen molar-refractivity contribution in [3.05, 3.63) is 34.9 Å². The third kappa shape index (κ3) is 8.18. The number of likely N-dealkylation sites (tertiary alicyclic amines) is 1. The summed E-state index contributed by atoms with van der Waals surface area (Å²) < 4.78 is 45.4. The van der Waals surface area contributed by atoms with Crippen molar-refractivity contribution in [2.45, 2.75) is 25.6 Å². The molecule has 2 amide bonds. The second-order valence-corrected chi connectivity index (χ2v) is 6.88. The first-order valence-corrected chi connectivity index (χ1v) is 9.18. The molecule has 1 heterocycles. The number of hydrogen-bond donors (Lipinski definition) is 1. The lowest BCUT2D eigenvalue weighted by molar-refractivity contribution is -0.163. The van der Waals surface area contributed by atoms with Gasteiger partial charge < -0.3 is 19.7 Å². The minimum Gasteiger partial charge on any atom is -0.455 e. The van der Waals surface area contributed by atoms with E-state index in [-0.39, 0.29) is 32.5 Å². The van der Waals surface area contributed by atoms with E-state index in [4.69, 9.17) is 16.3 Å². The maximum atomic E-state index is 12.1. The van der Waals surface area contributed by atoms with Gasteiger partial charge in [-0.25, -0.2) is 4.79 Å². The number of piperidine rings is 1. The maximum Gasteiger partial charge on any atom is 0.422 e. The van der Waals surface area contributed by atoms with Gasteiger partial charge in [0.15, 0.2) is 13.2 Å². The number of hydrogen-bond acceptors (Lipinski definition) is 5. The summed E-state index contributed by atoms with van der Waals surface area (Å²) in [6, 6.07) is 6.88. The van der Waals surface area contributed by atoms with Gasteiger partial charge in [0.25, 0.3) is 5.91 Å². The Morgan fingerprint density at radius 3 is 2.31 bits per heavy atom. The molecule has 0 unspecified atom stereocenters. The Morgan fingerprint density at radius 1 is 1.10 bits per heavy atom. The topological polar surface area (TPSA) is 84.9 Å². The van der Waals surface area contributed by atoms with Gasteiger partial charge >= 0.3 is 18.2 Å². The minimum absolute atomic E-state index is 0.0687. The molecule has 0 bridgehead atoms. The van der Waals surface area contributed by atoms with E-state index >= 15 is 0 Å². The maximum absolute atomic E-state index is 12.1. The first kappa shape index (κ1) is 22.8. The number of esters is 1. The first-order chi connectivity index (χ1) is 13.6. The second kappa shape index (κ2) is 10.3. The highest BCUT2D eigenvalue weighted by Gasteiger charge is 2.33. The number of halogens is 4. The summed E-state index contributed by atoms with van der Waals surface area (Å²) in [5.74, 6) is -1.60. The number of benzene rings is 1. The number of alkyl halides is 3. The van der Waals surface area contributed by atoms with Gasteiger partial charge in [-0.05, 0) is 30.5 Å². The Hall–Kier alpha value is -2.49. The van der Waals surface area contributed by atoms with E-state index < -0.39 is 43.3 Å². The highest BCUT2D eigenvalue weighted by atomic mass is 35.5. The van der Waals surface area contributed by atoms with Gasteiger partial charge in [0, 0.05) is 24.7 Å². The lowest BCUT2D eigenvalue weighted by Crippen LogP contribution is -2.42. The number of carbonyl (C=O) groups excluding carboxylic acids is 3. The van der Waals surface area contributed by atoms with Crippen LogP contribution in [0, 0.1) is 5.92 Å². The molecule has 2 rings (SSSR count). The molecule has 1 aromatic carbocycles. The lowest BCUT2D eigenvalue weighted by Gasteiger charge is -2.30. The molecule has 0 saturated carbocycles. The fourth-order valence-corrected chi connectivity index (χ4v) is 2.77. The van der Waals surface area contributed by atoms with E-state index in [1.807, 2.05) is 0 Å². The SMILES string of the molecule is O=C(COC(=O)C1CCN(C(=O)OCC(F)(F)F)CC1)NCc1ccc(Cl)cc1. The fourth-order valence-electron chi connectivity index (χ4n) is 2.64. The Kier molecular flexibility index (Phi) is 8.12. The van der Waals surface area contributed by atoms with Crippen molar-refractivity contribution in [2.24, 2.45) is 5.92 Å². The fraction of sp³-hybridized carbons (Fsp3) is 0.500. The van der Waals surface area contributed by atoms with E-state index in [0.717, 1.165) is 10.5 Å². The second-order valence-electron chi connectivity index (χ2n) is 6.44. The highest BCUT2D eigenvalue weighted by Crippen LogP contribution is 2.20. The standard InChI is InChI=1S/C18H20ClF3N2O5/c19-14-3-1-12(2-4-14)9-23-15(25)10-28-16(26)13-5-7-24(8-6-13)17(27)29-11-18(20,21)22/h1-4,13H,5-11H2,(H,23,25). The van der Waals surface area contributed by atoms with E-state index in [1.54, 1.807) is 24.3 Å². The van der Waals surface area contributed by atoms with E-state index in [0.29, 0.717) is 5.02 Å². The van der Waals surface area contributed by atoms with Gasteiger partial charge in [0.05, 0.1) is 5.92 Å². The van der Waals surface area contributed by atoms with Crippen molar-refractivity contribution >= 4 is 29.6 Å². The van der Waals surface area contributed by atoms with E-state index in [2.05, 4.69) is 10.1 Å². The van der Waals surface area contributed by atoms with Crippen LogP contribution >= 0.6 is 11.6 Å². The molecular weight excluding hydrogens is 417 g/mol. The predicted octanol–water partition coefficient (Wildman–Crippen LogP) is 2.91. The molecule has 11 heteroatoms. The molecule has 0 atom stereocenters. The number of rotatable bonds is 6. The zero-order chi connectivity index (χ0) is 21.4. The number of ether oxygens (including phenoxy) is 2. The van der Waals surface area contributed by atoms with Crippen LogP contribution in [-0.4, -0.2) is 55.3 Å². The molecule has 160 valence electrons. The Morgan fingerprint density at radius 2 is 1.72 bits per heavy atom. The van der Waals surface area contributed by atoms with E-state index in [1.165, 1.54) is 0 Å². The van der Waals surface area contributed by atoms with Crippen LogP contribution in [0.1, 0.15) is 18.4 Å². The van der Waals surface area contributed by atoms with Gasteiger partial charge in [-0.2, -0.15) is 13.2 Å². The number of nitrogens with zero attached hydrogens (tertiary/aromatic N) is 1. The van der Waals surface area contributed by atoms with Crippen LogP contribution in [0.2, 0.25) is 5.02 Å². The van der Waals surface area contributed by atoms with Gasteiger partial charge in [0.1, 0.15) is 0 Å². The molecule has 1 saturated heterocycles. The van der Waals surface area contributed by atoms with Crippen molar-refractivity contribution in [1.82, 2.24) is 10.2 Å². The Bertz CT molecular complexity index is 719. The van der Waals surface area contributed by atoms with Crippen LogP contribution in [0.25, 0.3) is 0 Å². The molecule has 0 spiro atoms. The lowest BCUT2D eigenvalue weighted by atomic mass is 9.97. The molecule has 0 aromatic heterocycles. The number of nitrogens with one attached hydrogen (secondary N) is 1. The average molecular weight is 437 g/mol. The third-order valence-corrected chi connectivity index (χ3v) is 4.45. The molecule has 1 fully saturated rings. The van der Waals surface area contributed by atoms with Crippen LogP contribution in [-0.2, 0) is 25.6 Å². The minimum atomic E-state index is -4.59. The van der Waals surface area contributed by atoms with Crippen LogP contribution in [0.5, 0.6) is 0 Å². The summed E-state index contributed by atoms with van der Waals surface area (Å²) in [7, 11) is 0. The summed E-state index contributed by atoms with van der Waals surface area (Å²) in [5, 5.41) is 3.18. The molecule has 1 aliphatic rings. The quantitative estimate of drug-likeness (QED) is 0.693. The van der Waals surface area contributed by atoms with Gasteiger partial charge in [-0.3, -0.25) is 9.59 Å². The monoisotopic (exact) mass is 436 g/mol. The molecular formula is C18H20ClF3N2O5. The van der Waals surface area contributed by atoms with Crippen LogP contribution in [0.3, 0.4) is 0 Å². The predicted molar refractivity (Wildman–Crippen MR) is 96.0 cm³/mol. The molecule has 0 radical (unpaired) electrons. The summed E-state index contributed by atoms with van der Waals surface area (Å²) in [4.78, 5) is 36.5.